The van der Waals surface area contributed by atoms with Crippen molar-refractivity contribution >= 4 is 34.8 Å². The van der Waals surface area contributed by atoms with Gasteiger partial charge in [0, 0.05) is 23.2 Å². The molecule has 0 radical (unpaired) electrons. The Bertz CT molecular complexity index is 781. The van der Waals surface area contributed by atoms with Crippen molar-refractivity contribution in [3.63, 3.8) is 0 Å². The SMILES string of the molecule is CCc1cc(C(=O)OCC(=O)Nc2ccc(C(=O)NC)cc2)sc1C. The smallest absolute Gasteiger partial charge is 0.348 e. The second-order valence-electron chi connectivity index (χ2n) is 5.33. The van der Waals surface area contributed by atoms with Crippen molar-refractivity contribution in [3.05, 3.63) is 51.2 Å². The number of rotatable bonds is 6. The summed E-state index contributed by atoms with van der Waals surface area (Å²) in [5.41, 5.74) is 2.12. The predicted molar refractivity (Wildman–Crippen MR) is 97.2 cm³/mol. The highest BCUT2D eigenvalue weighted by molar-refractivity contribution is 7.14. The second kappa shape index (κ2) is 8.43. The standard InChI is InChI=1S/C18H20N2O4S/c1-4-12-9-15(25-11(12)2)18(23)24-10-16(21)20-14-7-5-13(6-8-14)17(22)19-3/h5-9H,4,10H2,1-3H3,(H,19,22)(H,20,21). The number of carbonyl (C=O) groups is 3. The zero-order valence-corrected chi connectivity index (χ0v) is 15.2. The number of carbonyl (C=O) groups excluding carboxylic acids is 3. The van der Waals surface area contributed by atoms with Gasteiger partial charge < -0.3 is 15.4 Å². The topological polar surface area (TPSA) is 84.5 Å². The van der Waals surface area contributed by atoms with Crippen molar-refractivity contribution in [3.8, 4) is 0 Å². The lowest BCUT2D eigenvalue weighted by Crippen LogP contribution is -2.21. The number of nitrogens with one attached hydrogen (secondary N) is 2. The van der Waals surface area contributed by atoms with Crippen LogP contribution in [0.5, 0.6) is 0 Å². The van der Waals surface area contributed by atoms with Crippen LogP contribution in [-0.2, 0) is 16.0 Å². The quantitative estimate of drug-likeness (QED) is 0.776. The van der Waals surface area contributed by atoms with E-state index in [1.807, 2.05) is 13.8 Å². The highest BCUT2D eigenvalue weighted by atomic mass is 32.1. The molecule has 1 heterocycles. The Morgan fingerprint density at radius 3 is 2.40 bits per heavy atom. The van der Waals surface area contributed by atoms with Crippen molar-refractivity contribution in [1.82, 2.24) is 5.32 Å². The molecule has 7 heteroatoms. The normalized spacial score (nSPS) is 10.2. The molecule has 0 aliphatic heterocycles. The van der Waals surface area contributed by atoms with Crippen molar-refractivity contribution in [2.75, 3.05) is 19.0 Å². The summed E-state index contributed by atoms with van der Waals surface area (Å²) in [5, 5.41) is 5.13. The van der Waals surface area contributed by atoms with E-state index in [2.05, 4.69) is 10.6 Å². The maximum Gasteiger partial charge on any atom is 0.348 e. The summed E-state index contributed by atoms with van der Waals surface area (Å²) in [6, 6.07) is 8.22. The van der Waals surface area contributed by atoms with Gasteiger partial charge >= 0.3 is 5.97 Å². The van der Waals surface area contributed by atoms with Crippen LogP contribution in [0.25, 0.3) is 0 Å². The first kappa shape index (κ1) is 18.7. The molecular weight excluding hydrogens is 340 g/mol. The Balaban J connectivity index is 1.87. The first-order valence-electron chi connectivity index (χ1n) is 7.83. The number of hydrogen-bond acceptors (Lipinski definition) is 5. The van der Waals surface area contributed by atoms with Crippen molar-refractivity contribution < 1.29 is 19.1 Å². The van der Waals surface area contributed by atoms with Gasteiger partial charge in [-0.25, -0.2) is 4.79 Å². The maximum atomic E-state index is 12.0. The molecule has 0 fully saturated rings. The molecule has 0 atom stereocenters. The average Bonchev–Trinajstić information content (AvgIpc) is 3.00. The van der Waals surface area contributed by atoms with E-state index in [0.29, 0.717) is 16.1 Å². The molecule has 1 aromatic heterocycles. The molecule has 0 aliphatic rings. The monoisotopic (exact) mass is 360 g/mol. The molecular formula is C18H20N2O4S. The van der Waals surface area contributed by atoms with Crippen molar-refractivity contribution in [2.45, 2.75) is 20.3 Å². The van der Waals surface area contributed by atoms with Gasteiger partial charge in [0.25, 0.3) is 11.8 Å². The van der Waals surface area contributed by atoms with Crippen LogP contribution >= 0.6 is 11.3 Å². The molecule has 0 saturated carbocycles. The van der Waals surface area contributed by atoms with Gasteiger partial charge in [-0.2, -0.15) is 0 Å². The van der Waals surface area contributed by atoms with E-state index in [-0.39, 0.29) is 12.5 Å². The number of amides is 2. The number of hydrogen-bond donors (Lipinski definition) is 2. The fraction of sp³-hybridized carbons (Fsp3) is 0.278. The third-order valence-electron chi connectivity index (χ3n) is 3.59. The molecule has 2 rings (SSSR count). The largest absolute Gasteiger partial charge is 0.451 e. The van der Waals surface area contributed by atoms with Crippen LogP contribution in [0, 0.1) is 6.92 Å². The zero-order valence-electron chi connectivity index (χ0n) is 14.3. The summed E-state index contributed by atoms with van der Waals surface area (Å²) in [5.74, 6) is -1.15. The van der Waals surface area contributed by atoms with Crippen LogP contribution in [0.4, 0.5) is 5.69 Å². The molecule has 2 amide bonds. The Labute approximate surface area is 150 Å². The molecule has 0 bridgehead atoms. The minimum absolute atomic E-state index is 0.204. The Kier molecular flexibility index (Phi) is 6.30. The Morgan fingerprint density at radius 1 is 1.16 bits per heavy atom. The van der Waals surface area contributed by atoms with Crippen molar-refractivity contribution in [2.24, 2.45) is 0 Å². The van der Waals surface area contributed by atoms with Crippen LogP contribution < -0.4 is 10.6 Å². The van der Waals surface area contributed by atoms with E-state index < -0.39 is 11.9 Å². The highest BCUT2D eigenvalue weighted by Gasteiger charge is 2.14. The van der Waals surface area contributed by atoms with Crippen LogP contribution in [0.15, 0.2) is 30.3 Å². The lowest BCUT2D eigenvalue weighted by molar-refractivity contribution is -0.119. The molecule has 25 heavy (non-hydrogen) atoms. The lowest BCUT2D eigenvalue weighted by atomic mass is 10.2. The minimum Gasteiger partial charge on any atom is -0.451 e. The molecule has 6 nitrogen and oxygen atoms in total. The highest BCUT2D eigenvalue weighted by Crippen LogP contribution is 2.22. The summed E-state index contributed by atoms with van der Waals surface area (Å²) in [7, 11) is 1.55. The van der Waals surface area contributed by atoms with Gasteiger partial charge in [-0.05, 0) is 49.2 Å². The van der Waals surface area contributed by atoms with Gasteiger partial charge in [0.2, 0.25) is 0 Å². The summed E-state index contributed by atoms with van der Waals surface area (Å²) >= 11 is 1.36. The van der Waals surface area contributed by atoms with Gasteiger partial charge in [-0.3, -0.25) is 9.59 Å². The number of benzene rings is 1. The minimum atomic E-state index is -0.502. The van der Waals surface area contributed by atoms with E-state index in [1.54, 1.807) is 37.4 Å². The molecule has 0 spiro atoms. The molecule has 0 saturated heterocycles. The van der Waals surface area contributed by atoms with E-state index in [0.717, 1.165) is 16.9 Å². The van der Waals surface area contributed by atoms with E-state index in [4.69, 9.17) is 4.74 Å². The van der Waals surface area contributed by atoms with Crippen LogP contribution in [0.3, 0.4) is 0 Å². The number of esters is 1. The van der Waals surface area contributed by atoms with Crippen LogP contribution in [0.1, 0.15) is 37.4 Å². The third kappa shape index (κ3) is 4.90. The van der Waals surface area contributed by atoms with Gasteiger partial charge in [0.15, 0.2) is 6.61 Å². The predicted octanol–water partition coefficient (Wildman–Crippen LogP) is 2.77. The molecule has 2 N–H and O–H groups in total. The molecule has 1 aromatic carbocycles. The lowest BCUT2D eigenvalue weighted by Gasteiger charge is -2.07. The molecule has 0 unspecified atom stereocenters. The first-order chi connectivity index (χ1) is 11.9. The summed E-state index contributed by atoms with van der Waals surface area (Å²) in [6.45, 7) is 3.61. The maximum absolute atomic E-state index is 12.0. The molecule has 0 aliphatic carbocycles. The number of ether oxygens (including phenoxy) is 1. The summed E-state index contributed by atoms with van der Waals surface area (Å²) < 4.78 is 5.05. The van der Waals surface area contributed by atoms with Gasteiger partial charge in [0.05, 0.1) is 0 Å². The number of anilines is 1. The van der Waals surface area contributed by atoms with Gasteiger partial charge in [-0.15, -0.1) is 11.3 Å². The van der Waals surface area contributed by atoms with E-state index in [9.17, 15) is 14.4 Å². The Hall–Kier alpha value is -2.67. The van der Waals surface area contributed by atoms with Crippen LogP contribution in [-0.4, -0.2) is 31.4 Å². The van der Waals surface area contributed by atoms with E-state index in [1.165, 1.54) is 11.3 Å². The van der Waals surface area contributed by atoms with Gasteiger partial charge in [0.1, 0.15) is 4.88 Å². The fourth-order valence-electron chi connectivity index (χ4n) is 2.22. The summed E-state index contributed by atoms with van der Waals surface area (Å²) in [6.07, 6.45) is 0.849. The fourth-order valence-corrected chi connectivity index (χ4v) is 3.23. The van der Waals surface area contributed by atoms with Gasteiger partial charge in [-0.1, -0.05) is 6.92 Å². The Morgan fingerprint density at radius 2 is 1.84 bits per heavy atom. The molecule has 132 valence electrons. The van der Waals surface area contributed by atoms with Crippen LogP contribution in [0.2, 0.25) is 0 Å². The number of thiophene rings is 1. The number of aryl methyl sites for hydroxylation is 2. The zero-order chi connectivity index (χ0) is 18.4. The average molecular weight is 360 g/mol. The molecule has 2 aromatic rings. The van der Waals surface area contributed by atoms with Crippen molar-refractivity contribution in [1.29, 1.82) is 0 Å². The second-order valence-corrected chi connectivity index (χ2v) is 6.58. The summed E-state index contributed by atoms with van der Waals surface area (Å²) in [4.78, 5) is 36.9. The first-order valence-corrected chi connectivity index (χ1v) is 8.64. The third-order valence-corrected chi connectivity index (χ3v) is 4.67. The van der Waals surface area contributed by atoms with E-state index >= 15 is 0 Å².